The molecule has 0 aromatic heterocycles. The highest BCUT2D eigenvalue weighted by molar-refractivity contribution is 5.72. The highest BCUT2D eigenvalue weighted by Crippen LogP contribution is 2.51. The van der Waals surface area contributed by atoms with Crippen LogP contribution in [0.15, 0.2) is 48.5 Å². The minimum Gasteiger partial charge on any atom is -0.306 e. The van der Waals surface area contributed by atoms with Crippen molar-refractivity contribution < 1.29 is 4.48 Å². The summed E-state index contributed by atoms with van der Waals surface area (Å²) in [6.45, 7) is 1.10. The molecule has 2 heteroatoms. The molecule has 0 spiro atoms. The van der Waals surface area contributed by atoms with Crippen molar-refractivity contribution in [3.05, 3.63) is 59.7 Å². The van der Waals surface area contributed by atoms with Crippen molar-refractivity contribution in [2.45, 2.75) is 50.5 Å². The van der Waals surface area contributed by atoms with Gasteiger partial charge in [0.2, 0.25) is 0 Å². The zero-order chi connectivity index (χ0) is 16.3. The maximum atomic E-state index is 2.84. The van der Waals surface area contributed by atoms with Crippen molar-refractivity contribution in [3.63, 3.8) is 0 Å². The van der Waals surface area contributed by atoms with Crippen molar-refractivity contribution in [2.75, 3.05) is 14.1 Å². The topological polar surface area (TPSA) is 3.24 Å². The molecule has 24 heavy (non-hydrogen) atoms. The van der Waals surface area contributed by atoms with Gasteiger partial charge in [0, 0.05) is 18.5 Å². The first-order valence-electron chi connectivity index (χ1n) is 9.44. The zero-order valence-corrected chi connectivity index (χ0v) is 14.8. The van der Waals surface area contributed by atoms with E-state index in [0.717, 1.165) is 23.1 Å². The van der Waals surface area contributed by atoms with Crippen LogP contribution >= 0.6 is 0 Å². The Morgan fingerprint density at radius 1 is 0.875 bits per heavy atom. The van der Waals surface area contributed by atoms with Crippen LogP contribution in [0.3, 0.4) is 0 Å². The summed E-state index contributed by atoms with van der Waals surface area (Å²) in [7, 11) is 4.95. The Balaban J connectivity index is 1.75. The van der Waals surface area contributed by atoms with Gasteiger partial charge in [0.15, 0.2) is 6.17 Å². The maximum Gasteiger partial charge on any atom is 0.173 e. The van der Waals surface area contributed by atoms with Crippen LogP contribution in [0.25, 0.3) is 11.1 Å². The second kappa shape index (κ2) is 5.18. The molecule has 2 aromatic carbocycles. The summed E-state index contributed by atoms with van der Waals surface area (Å²) in [5.41, 5.74) is 5.92. The van der Waals surface area contributed by atoms with E-state index in [0.29, 0.717) is 6.17 Å². The fourth-order valence-electron chi connectivity index (χ4n) is 5.83. The highest BCUT2D eigenvalue weighted by atomic mass is 15.5. The molecular weight excluding hydrogens is 292 g/mol. The number of hydrogen-bond acceptors (Lipinski definition) is 1. The lowest BCUT2D eigenvalue weighted by Gasteiger charge is -2.39. The van der Waals surface area contributed by atoms with Gasteiger partial charge in [-0.05, 0) is 29.5 Å². The summed E-state index contributed by atoms with van der Waals surface area (Å²) >= 11 is 0. The van der Waals surface area contributed by atoms with E-state index in [2.05, 4.69) is 67.5 Å². The SMILES string of the molecule is C[N+]1(C)C2CCCC[C@@H]2N2Cc3ccccc3-c3ccccc3C21. The average Bonchev–Trinajstić information content (AvgIpc) is 2.75. The fraction of sp³-hybridized carbons (Fsp3) is 0.455. The van der Waals surface area contributed by atoms with E-state index in [1.807, 2.05) is 0 Å². The van der Waals surface area contributed by atoms with E-state index in [1.165, 1.54) is 47.9 Å². The molecule has 2 aromatic rings. The molecule has 2 heterocycles. The quantitative estimate of drug-likeness (QED) is 0.643. The molecule has 0 N–H and O–H groups in total. The molecule has 1 saturated carbocycles. The van der Waals surface area contributed by atoms with E-state index in [9.17, 15) is 0 Å². The van der Waals surface area contributed by atoms with Crippen LogP contribution < -0.4 is 0 Å². The minimum absolute atomic E-state index is 0.488. The molecule has 1 saturated heterocycles. The zero-order valence-electron chi connectivity index (χ0n) is 14.8. The first-order valence-corrected chi connectivity index (χ1v) is 9.44. The van der Waals surface area contributed by atoms with Gasteiger partial charge in [-0.2, -0.15) is 0 Å². The molecule has 2 fully saturated rings. The Morgan fingerprint density at radius 3 is 2.46 bits per heavy atom. The van der Waals surface area contributed by atoms with Gasteiger partial charge in [0.25, 0.3) is 0 Å². The summed E-state index contributed by atoms with van der Waals surface area (Å²) < 4.78 is 1.12. The lowest BCUT2D eigenvalue weighted by atomic mass is 9.89. The van der Waals surface area contributed by atoms with Crippen LogP contribution in [0.5, 0.6) is 0 Å². The van der Waals surface area contributed by atoms with E-state index in [4.69, 9.17) is 0 Å². The van der Waals surface area contributed by atoms with Crippen LogP contribution in [0.2, 0.25) is 0 Å². The van der Waals surface area contributed by atoms with Gasteiger partial charge >= 0.3 is 0 Å². The fourth-order valence-corrected chi connectivity index (χ4v) is 5.83. The average molecular weight is 319 g/mol. The van der Waals surface area contributed by atoms with Gasteiger partial charge in [0.05, 0.1) is 20.1 Å². The number of benzene rings is 2. The normalized spacial score (nSPS) is 30.7. The van der Waals surface area contributed by atoms with Crippen LogP contribution in [0.1, 0.15) is 43.0 Å². The first kappa shape index (κ1) is 14.7. The predicted molar refractivity (Wildman–Crippen MR) is 98.3 cm³/mol. The van der Waals surface area contributed by atoms with Gasteiger partial charge in [-0.1, -0.05) is 55.0 Å². The molecule has 3 atom stereocenters. The van der Waals surface area contributed by atoms with E-state index >= 15 is 0 Å². The van der Waals surface area contributed by atoms with Crippen molar-refractivity contribution in [3.8, 4) is 11.1 Å². The number of fused-ring (bicyclic) bond motifs is 7. The van der Waals surface area contributed by atoms with Crippen molar-refractivity contribution >= 4 is 0 Å². The summed E-state index contributed by atoms with van der Waals surface area (Å²) in [5, 5.41) is 0. The van der Waals surface area contributed by atoms with Gasteiger partial charge in [-0.3, -0.25) is 0 Å². The maximum absolute atomic E-state index is 2.84. The molecule has 0 bridgehead atoms. The highest BCUT2D eigenvalue weighted by Gasteiger charge is 2.56. The Hall–Kier alpha value is -1.64. The van der Waals surface area contributed by atoms with Gasteiger partial charge < -0.3 is 4.48 Å². The molecule has 1 aliphatic carbocycles. The van der Waals surface area contributed by atoms with Crippen LogP contribution in [0.4, 0.5) is 0 Å². The molecule has 3 aliphatic rings. The number of quaternary nitrogens is 1. The number of hydrogen-bond donors (Lipinski definition) is 0. The van der Waals surface area contributed by atoms with Crippen LogP contribution in [-0.2, 0) is 6.54 Å². The van der Waals surface area contributed by atoms with E-state index in [1.54, 1.807) is 0 Å². The summed E-state index contributed by atoms with van der Waals surface area (Å²) in [4.78, 5) is 2.84. The molecule has 2 nitrogen and oxygen atoms in total. The van der Waals surface area contributed by atoms with E-state index in [-0.39, 0.29) is 0 Å². The Morgan fingerprint density at radius 2 is 1.58 bits per heavy atom. The van der Waals surface area contributed by atoms with E-state index < -0.39 is 0 Å². The number of nitrogens with zero attached hydrogens (tertiary/aromatic N) is 2. The third-order valence-corrected chi connectivity index (χ3v) is 6.82. The van der Waals surface area contributed by atoms with Crippen LogP contribution in [0, 0.1) is 0 Å². The smallest absolute Gasteiger partial charge is 0.173 e. The summed E-state index contributed by atoms with van der Waals surface area (Å²) in [5.74, 6) is 0. The predicted octanol–water partition coefficient (Wildman–Crippen LogP) is 4.57. The van der Waals surface area contributed by atoms with Gasteiger partial charge in [-0.25, -0.2) is 4.90 Å². The van der Waals surface area contributed by atoms with Crippen LogP contribution in [-0.4, -0.2) is 35.6 Å². The van der Waals surface area contributed by atoms with Gasteiger partial charge in [0.1, 0.15) is 6.04 Å². The minimum atomic E-state index is 0.488. The first-order chi connectivity index (χ1) is 11.7. The largest absolute Gasteiger partial charge is 0.306 e. The molecule has 5 rings (SSSR count). The molecule has 124 valence electrons. The molecule has 0 amide bonds. The lowest BCUT2D eigenvalue weighted by molar-refractivity contribution is -0.937. The molecule has 2 aliphatic heterocycles. The Labute approximate surface area is 145 Å². The van der Waals surface area contributed by atoms with Gasteiger partial charge in [-0.15, -0.1) is 0 Å². The second-order valence-corrected chi connectivity index (χ2v) is 8.34. The molecular formula is C22H27N2+. The van der Waals surface area contributed by atoms with Crippen molar-refractivity contribution in [2.24, 2.45) is 0 Å². The third kappa shape index (κ3) is 1.90. The monoisotopic (exact) mass is 319 g/mol. The molecule has 2 unspecified atom stereocenters. The van der Waals surface area contributed by atoms with Crippen molar-refractivity contribution in [1.29, 1.82) is 0 Å². The standard InChI is InChI=1S/C22H27N2/c1-24(2)21-14-8-7-13-20(21)23-15-16-9-3-4-10-17(16)18-11-5-6-12-19(18)22(23)24/h3-6,9-12,20-22H,7-8,13-15H2,1-2H3/q+1/t20-,21?,22?/m0/s1. The Bertz CT molecular complexity index is 779. The summed E-state index contributed by atoms with van der Waals surface area (Å²) in [6.07, 6.45) is 6.04. The third-order valence-electron chi connectivity index (χ3n) is 6.82. The Kier molecular flexibility index (Phi) is 3.17. The second-order valence-electron chi connectivity index (χ2n) is 8.34. The molecule has 0 radical (unpaired) electrons. The summed E-state index contributed by atoms with van der Waals surface area (Å²) in [6, 6.07) is 19.7. The van der Waals surface area contributed by atoms with Crippen molar-refractivity contribution in [1.82, 2.24) is 4.90 Å². The lowest BCUT2D eigenvalue weighted by Crippen LogP contribution is -2.49. The number of rotatable bonds is 0. The number of likely N-dealkylation sites (N-methyl/N-ethyl adjacent to an activating group) is 1.